The normalized spacial score (nSPS) is 24.1. The summed E-state index contributed by atoms with van der Waals surface area (Å²) in [6.45, 7) is 10.5. The minimum atomic E-state index is 0.189. The lowest BCUT2D eigenvalue weighted by Gasteiger charge is -2.27. The van der Waals surface area contributed by atoms with Crippen molar-refractivity contribution in [2.75, 3.05) is 19.6 Å². The molecular weight excluding hydrogens is 228 g/mol. The van der Waals surface area contributed by atoms with Crippen molar-refractivity contribution in [1.29, 1.82) is 0 Å². The average Bonchev–Trinajstić information content (AvgIpc) is 2.85. The first-order valence-electron chi connectivity index (χ1n) is 6.48. The van der Waals surface area contributed by atoms with Crippen LogP contribution in [0.4, 0.5) is 0 Å². The Morgan fingerprint density at radius 1 is 1.53 bits per heavy atom. The van der Waals surface area contributed by atoms with Crippen LogP contribution in [0.3, 0.4) is 0 Å². The Labute approximate surface area is 109 Å². The number of nitrogens with zero attached hydrogens (tertiary/aromatic N) is 1. The Bertz CT molecular complexity index is 340. The predicted octanol–water partition coefficient (Wildman–Crippen LogP) is 3.12. The first-order valence-corrected chi connectivity index (χ1v) is 7.36. The summed E-state index contributed by atoms with van der Waals surface area (Å²) in [4.78, 5) is 3.84. The summed E-state index contributed by atoms with van der Waals surface area (Å²) in [5.74, 6) is 0.818. The molecule has 1 aromatic heterocycles. The monoisotopic (exact) mass is 252 g/mol. The second-order valence-corrected chi connectivity index (χ2v) is 7.21. The van der Waals surface area contributed by atoms with E-state index in [1.807, 2.05) is 0 Å². The Hall–Kier alpha value is -0.380. The lowest BCUT2D eigenvalue weighted by Crippen LogP contribution is -2.31. The first kappa shape index (κ1) is 13.1. The number of rotatable bonds is 3. The van der Waals surface area contributed by atoms with Gasteiger partial charge in [0.25, 0.3) is 0 Å². The van der Waals surface area contributed by atoms with Crippen LogP contribution < -0.4 is 5.73 Å². The molecule has 2 atom stereocenters. The Kier molecular flexibility index (Phi) is 3.91. The highest BCUT2D eigenvalue weighted by Gasteiger charge is 2.32. The van der Waals surface area contributed by atoms with E-state index in [2.05, 4.69) is 43.2 Å². The quantitative estimate of drug-likeness (QED) is 0.895. The van der Waals surface area contributed by atoms with E-state index in [0.717, 1.165) is 12.5 Å². The largest absolute Gasteiger partial charge is 0.322 e. The van der Waals surface area contributed by atoms with Gasteiger partial charge in [0.2, 0.25) is 0 Å². The van der Waals surface area contributed by atoms with Crippen LogP contribution in [-0.2, 0) is 0 Å². The lowest BCUT2D eigenvalue weighted by atomic mass is 9.80. The van der Waals surface area contributed by atoms with E-state index in [0.29, 0.717) is 5.41 Å². The molecule has 1 aliphatic heterocycles. The summed E-state index contributed by atoms with van der Waals surface area (Å²) in [7, 11) is 0. The molecule has 2 N–H and O–H groups in total. The van der Waals surface area contributed by atoms with Gasteiger partial charge in [0, 0.05) is 18.0 Å². The van der Waals surface area contributed by atoms with Gasteiger partial charge in [0.1, 0.15) is 0 Å². The topological polar surface area (TPSA) is 29.3 Å². The van der Waals surface area contributed by atoms with E-state index in [9.17, 15) is 0 Å². The van der Waals surface area contributed by atoms with Crippen molar-refractivity contribution in [3.05, 3.63) is 22.4 Å². The third kappa shape index (κ3) is 3.30. The molecule has 17 heavy (non-hydrogen) atoms. The molecule has 0 aromatic carbocycles. The molecule has 2 unspecified atom stereocenters. The van der Waals surface area contributed by atoms with Crippen LogP contribution >= 0.6 is 11.3 Å². The van der Waals surface area contributed by atoms with Crippen LogP contribution in [-0.4, -0.2) is 24.5 Å². The third-order valence-electron chi connectivity index (χ3n) is 3.86. The van der Waals surface area contributed by atoms with E-state index in [1.54, 1.807) is 11.3 Å². The van der Waals surface area contributed by atoms with Crippen LogP contribution in [0.2, 0.25) is 0 Å². The number of hydrogen-bond donors (Lipinski definition) is 1. The van der Waals surface area contributed by atoms with Crippen molar-refractivity contribution in [1.82, 2.24) is 4.90 Å². The fraction of sp³-hybridized carbons (Fsp3) is 0.714. The van der Waals surface area contributed by atoms with Gasteiger partial charge in [-0.05, 0) is 35.7 Å². The molecule has 3 heteroatoms. The molecule has 0 spiro atoms. The fourth-order valence-electron chi connectivity index (χ4n) is 2.58. The van der Waals surface area contributed by atoms with Crippen LogP contribution in [0.5, 0.6) is 0 Å². The Morgan fingerprint density at radius 3 is 2.82 bits per heavy atom. The minimum absolute atomic E-state index is 0.189. The van der Waals surface area contributed by atoms with Crippen molar-refractivity contribution in [3.63, 3.8) is 0 Å². The zero-order valence-electron chi connectivity index (χ0n) is 11.1. The molecule has 0 saturated carbocycles. The highest BCUT2D eigenvalue weighted by Crippen LogP contribution is 2.34. The molecule has 0 radical (unpaired) electrons. The zero-order valence-corrected chi connectivity index (χ0v) is 12.0. The lowest BCUT2D eigenvalue weighted by molar-refractivity contribution is 0.225. The molecule has 0 amide bonds. The summed E-state index contributed by atoms with van der Waals surface area (Å²) >= 11 is 1.77. The summed E-state index contributed by atoms with van der Waals surface area (Å²) in [6, 6.07) is 4.42. The number of hydrogen-bond acceptors (Lipinski definition) is 3. The first-order chi connectivity index (χ1) is 7.97. The van der Waals surface area contributed by atoms with Gasteiger partial charge in [-0.15, -0.1) is 11.3 Å². The van der Waals surface area contributed by atoms with Crippen LogP contribution in [0.25, 0.3) is 0 Å². The average molecular weight is 252 g/mol. The molecule has 1 fully saturated rings. The van der Waals surface area contributed by atoms with Crippen molar-refractivity contribution < 1.29 is 0 Å². The highest BCUT2D eigenvalue weighted by molar-refractivity contribution is 7.10. The van der Waals surface area contributed by atoms with E-state index >= 15 is 0 Å². The zero-order chi connectivity index (χ0) is 12.5. The molecule has 1 aliphatic rings. The molecule has 1 saturated heterocycles. The summed E-state index contributed by atoms with van der Waals surface area (Å²) < 4.78 is 0. The molecule has 1 aromatic rings. The second-order valence-electron chi connectivity index (χ2n) is 6.23. The van der Waals surface area contributed by atoms with Crippen molar-refractivity contribution in [2.45, 2.75) is 33.2 Å². The fourth-order valence-corrected chi connectivity index (χ4v) is 3.30. The van der Waals surface area contributed by atoms with Gasteiger partial charge in [0.05, 0.1) is 6.04 Å². The maximum atomic E-state index is 6.24. The molecule has 2 heterocycles. The van der Waals surface area contributed by atoms with Crippen molar-refractivity contribution >= 4 is 11.3 Å². The number of thiophene rings is 1. The standard InChI is InChI=1S/C14H24N2S/c1-14(2,3)11-6-7-16(9-11)10-12(15)13-5-4-8-17-13/h4-5,8,11-12H,6-7,9-10,15H2,1-3H3. The second kappa shape index (κ2) is 5.09. The Morgan fingerprint density at radius 2 is 2.29 bits per heavy atom. The van der Waals surface area contributed by atoms with E-state index < -0.39 is 0 Å². The summed E-state index contributed by atoms with van der Waals surface area (Å²) in [5, 5.41) is 2.11. The van der Waals surface area contributed by atoms with E-state index in [4.69, 9.17) is 5.73 Å². The van der Waals surface area contributed by atoms with E-state index in [1.165, 1.54) is 24.4 Å². The van der Waals surface area contributed by atoms with Crippen molar-refractivity contribution in [3.8, 4) is 0 Å². The predicted molar refractivity (Wildman–Crippen MR) is 75.2 cm³/mol. The number of likely N-dealkylation sites (tertiary alicyclic amines) is 1. The maximum Gasteiger partial charge on any atom is 0.0519 e. The van der Waals surface area contributed by atoms with Gasteiger partial charge >= 0.3 is 0 Å². The molecule has 96 valence electrons. The Balaban J connectivity index is 1.86. The van der Waals surface area contributed by atoms with E-state index in [-0.39, 0.29) is 6.04 Å². The molecular formula is C14H24N2S. The summed E-state index contributed by atoms with van der Waals surface area (Å²) in [6.07, 6.45) is 1.32. The van der Waals surface area contributed by atoms with Gasteiger partial charge in [-0.1, -0.05) is 26.8 Å². The van der Waals surface area contributed by atoms with Gasteiger partial charge in [-0.3, -0.25) is 0 Å². The van der Waals surface area contributed by atoms with Crippen LogP contribution in [0.15, 0.2) is 17.5 Å². The van der Waals surface area contributed by atoms with Gasteiger partial charge in [0.15, 0.2) is 0 Å². The molecule has 2 nitrogen and oxygen atoms in total. The molecule has 0 aliphatic carbocycles. The van der Waals surface area contributed by atoms with Crippen molar-refractivity contribution in [2.24, 2.45) is 17.1 Å². The molecule has 0 bridgehead atoms. The highest BCUT2D eigenvalue weighted by atomic mass is 32.1. The van der Waals surface area contributed by atoms with Gasteiger partial charge < -0.3 is 10.6 Å². The van der Waals surface area contributed by atoms with Gasteiger partial charge in [-0.2, -0.15) is 0 Å². The smallest absolute Gasteiger partial charge is 0.0519 e. The molecule has 2 rings (SSSR count). The third-order valence-corrected chi connectivity index (χ3v) is 4.86. The SMILES string of the molecule is CC(C)(C)C1CCN(CC(N)c2cccs2)C1. The summed E-state index contributed by atoms with van der Waals surface area (Å²) in [5.41, 5.74) is 6.67. The van der Waals surface area contributed by atoms with Crippen LogP contribution in [0, 0.1) is 11.3 Å². The van der Waals surface area contributed by atoms with Gasteiger partial charge in [-0.25, -0.2) is 0 Å². The maximum absolute atomic E-state index is 6.24. The number of nitrogens with two attached hydrogens (primary N) is 1. The van der Waals surface area contributed by atoms with Crippen LogP contribution in [0.1, 0.15) is 38.1 Å². The minimum Gasteiger partial charge on any atom is -0.322 e.